The highest BCUT2D eigenvalue weighted by atomic mass is 35.5. The standard InChI is InChI=1S/C9H6Cl2F2/c10-8(12)5-6-3-1-2-4-7(6)9(8,11)13/h1-4H,5H2/t8-,9+/m0/s1. The molecular formula is C9H6Cl2F2. The van der Waals surface area contributed by atoms with Crippen LogP contribution in [0, 0.1) is 0 Å². The highest BCUT2D eigenvalue weighted by molar-refractivity contribution is 6.34. The second-order valence-corrected chi connectivity index (χ2v) is 4.23. The normalized spacial score (nSPS) is 37.5. The van der Waals surface area contributed by atoms with E-state index >= 15 is 0 Å². The molecule has 1 aliphatic rings. The van der Waals surface area contributed by atoms with Crippen LogP contribution in [0.5, 0.6) is 0 Å². The molecule has 0 aromatic heterocycles. The topological polar surface area (TPSA) is 0 Å². The fourth-order valence-electron chi connectivity index (χ4n) is 1.53. The van der Waals surface area contributed by atoms with E-state index in [0.717, 1.165) is 0 Å². The molecule has 0 saturated heterocycles. The molecule has 0 fully saturated rings. The van der Waals surface area contributed by atoms with E-state index in [1.807, 2.05) is 0 Å². The lowest BCUT2D eigenvalue weighted by Crippen LogP contribution is -2.31. The predicted octanol–water partition coefficient (Wildman–Crippen LogP) is 3.51. The van der Waals surface area contributed by atoms with Crippen LogP contribution in [-0.2, 0) is 11.5 Å². The van der Waals surface area contributed by atoms with Crippen LogP contribution < -0.4 is 0 Å². The zero-order chi connectivity index (χ0) is 9.69. The van der Waals surface area contributed by atoms with Gasteiger partial charge in [-0.15, -0.1) is 0 Å². The van der Waals surface area contributed by atoms with Gasteiger partial charge in [-0.2, -0.15) is 0 Å². The summed E-state index contributed by atoms with van der Waals surface area (Å²) in [4.78, 5) is 0. The van der Waals surface area contributed by atoms with Gasteiger partial charge >= 0.3 is 0 Å². The number of hydrogen-bond donors (Lipinski definition) is 0. The number of hydrogen-bond acceptors (Lipinski definition) is 0. The third-order valence-corrected chi connectivity index (χ3v) is 3.22. The van der Waals surface area contributed by atoms with E-state index in [9.17, 15) is 8.78 Å². The molecule has 70 valence electrons. The van der Waals surface area contributed by atoms with Crippen LogP contribution in [-0.4, -0.2) is 5.13 Å². The van der Waals surface area contributed by atoms with Crippen LogP contribution >= 0.6 is 23.2 Å². The van der Waals surface area contributed by atoms with Crippen LogP contribution in [0.15, 0.2) is 24.3 Å². The Bertz CT molecular complexity index is 347. The lowest BCUT2D eigenvalue weighted by Gasteiger charge is -2.21. The van der Waals surface area contributed by atoms with Crippen molar-refractivity contribution in [2.75, 3.05) is 0 Å². The number of rotatable bonds is 0. The molecule has 0 N–H and O–H groups in total. The smallest absolute Gasteiger partial charge is 0.220 e. The lowest BCUT2D eigenvalue weighted by atomic mass is 10.1. The molecule has 4 heteroatoms. The van der Waals surface area contributed by atoms with Gasteiger partial charge in [0.25, 0.3) is 5.13 Å². The van der Waals surface area contributed by atoms with Crippen molar-refractivity contribution >= 4 is 23.2 Å². The number of halogens is 4. The summed E-state index contributed by atoms with van der Waals surface area (Å²) in [6.45, 7) is 0. The van der Waals surface area contributed by atoms with Crippen molar-refractivity contribution in [3.8, 4) is 0 Å². The fraction of sp³-hybridized carbons (Fsp3) is 0.333. The van der Waals surface area contributed by atoms with Crippen LogP contribution in [0.25, 0.3) is 0 Å². The summed E-state index contributed by atoms with van der Waals surface area (Å²) in [6.07, 6.45) is -0.190. The first-order valence-corrected chi connectivity index (χ1v) is 4.55. The van der Waals surface area contributed by atoms with Gasteiger partial charge in [-0.3, -0.25) is 0 Å². The van der Waals surface area contributed by atoms with E-state index in [4.69, 9.17) is 23.2 Å². The van der Waals surface area contributed by atoms with E-state index in [-0.39, 0.29) is 12.0 Å². The molecule has 0 aliphatic heterocycles. The molecule has 0 radical (unpaired) electrons. The second kappa shape index (κ2) is 2.58. The summed E-state index contributed by atoms with van der Waals surface area (Å²) >= 11 is 10.8. The van der Waals surface area contributed by atoms with Crippen molar-refractivity contribution in [1.29, 1.82) is 0 Å². The number of benzene rings is 1. The van der Waals surface area contributed by atoms with Crippen molar-refractivity contribution < 1.29 is 8.78 Å². The van der Waals surface area contributed by atoms with Gasteiger partial charge in [0.1, 0.15) is 0 Å². The summed E-state index contributed by atoms with van der Waals surface area (Å²) in [5, 5.41) is -5.14. The zero-order valence-corrected chi connectivity index (χ0v) is 8.04. The first kappa shape index (κ1) is 9.22. The Kier molecular flexibility index (Phi) is 1.83. The lowest BCUT2D eigenvalue weighted by molar-refractivity contribution is 0.108. The summed E-state index contributed by atoms with van der Waals surface area (Å²) in [5.41, 5.74) is 0.659. The highest BCUT2D eigenvalue weighted by Crippen LogP contribution is 2.54. The largest absolute Gasteiger partial charge is 0.257 e. The van der Waals surface area contributed by atoms with E-state index in [1.54, 1.807) is 18.2 Å². The molecule has 0 unspecified atom stereocenters. The molecule has 0 saturated carbocycles. The third kappa shape index (κ3) is 1.16. The van der Waals surface area contributed by atoms with Gasteiger partial charge in [-0.05, 0) is 5.56 Å². The van der Waals surface area contributed by atoms with E-state index < -0.39 is 10.3 Å². The molecular weight excluding hydrogens is 217 g/mol. The van der Waals surface area contributed by atoms with Crippen molar-refractivity contribution in [1.82, 2.24) is 0 Å². The molecule has 0 nitrogen and oxygen atoms in total. The van der Waals surface area contributed by atoms with Crippen LogP contribution in [0.3, 0.4) is 0 Å². The average molecular weight is 223 g/mol. The Balaban J connectivity index is 2.60. The number of fused-ring (bicyclic) bond motifs is 1. The van der Waals surface area contributed by atoms with Gasteiger partial charge in [0.2, 0.25) is 5.13 Å². The Hall–Kier alpha value is -0.340. The van der Waals surface area contributed by atoms with Gasteiger partial charge in [0.15, 0.2) is 0 Å². The maximum atomic E-state index is 13.6. The molecule has 1 aromatic carbocycles. The van der Waals surface area contributed by atoms with Gasteiger partial charge in [-0.25, -0.2) is 8.78 Å². The van der Waals surface area contributed by atoms with Crippen LogP contribution in [0.4, 0.5) is 8.78 Å². The SMILES string of the molecule is F[C@]1(Cl)c2ccccc2C[C@@]1(F)Cl. The van der Waals surface area contributed by atoms with E-state index in [0.29, 0.717) is 5.56 Å². The molecule has 1 aliphatic carbocycles. The second-order valence-electron chi connectivity index (χ2n) is 3.11. The minimum absolute atomic E-state index is 0.133. The van der Waals surface area contributed by atoms with Crippen molar-refractivity contribution in [3.05, 3.63) is 35.4 Å². The Morgan fingerprint density at radius 1 is 1.15 bits per heavy atom. The monoisotopic (exact) mass is 222 g/mol. The Labute approximate surface area is 84.5 Å². The van der Waals surface area contributed by atoms with Crippen molar-refractivity contribution in [3.63, 3.8) is 0 Å². The van der Waals surface area contributed by atoms with Gasteiger partial charge < -0.3 is 0 Å². The average Bonchev–Trinajstić information content (AvgIpc) is 2.20. The molecule has 0 heterocycles. The molecule has 1 aromatic rings. The van der Waals surface area contributed by atoms with Gasteiger partial charge in [-0.1, -0.05) is 47.5 Å². The summed E-state index contributed by atoms with van der Waals surface area (Å²) in [6, 6.07) is 6.37. The molecule has 2 rings (SSSR count). The molecule has 0 spiro atoms. The van der Waals surface area contributed by atoms with Gasteiger partial charge in [0.05, 0.1) is 0 Å². The number of alkyl halides is 4. The Morgan fingerprint density at radius 2 is 1.77 bits per heavy atom. The first-order valence-electron chi connectivity index (χ1n) is 3.79. The summed E-state index contributed by atoms with van der Waals surface area (Å²) < 4.78 is 27.1. The maximum Gasteiger partial charge on any atom is 0.257 e. The summed E-state index contributed by atoms with van der Waals surface area (Å²) in [5.74, 6) is 0. The van der Waals surface area contributed by atoms with Gasteiger partial charge in [0, 0.05) is 12.0 Å². The van der Waals surface area contributed by atoms with Crippen LogP contribution in [0.1, 0.15) is 11.1 Å². The summed E-state index contributed by atoms with van der Waals surface area (Å²) in [7, 11) is 0. The highest BCUT2D eigenvalue weighted by Gasteiger charge is 2.58. The Morgan fingerprint density at radius 3 is 2.38 bits per heavy atom. The van der Waals surface area contributed by atoms with Crippen molar-refractivity contribution in [2.45, 2.75) is 16.7 Å². The van der Waals surface area contributed by atoms with E-state index in [2.05, 4.69) is 0 Å². The van der Waals surface area contributed by atoms with Crippen LogP contribution in [0.2, 0.25) is 0 Å². The fourth-order valence-corrected chi connectivity index (χ4v) is 2.02. The minimum Gasteiger partial charge on any atom is -0.220 e. The molecule has 0 amide bonds. The maximum absolute atomic E-state index is 13.6. The van der Waals surface area contributed by atoms with Crippen molar-refractivity contribution in [2.24, 2.45) is 0 Å². The molecule has 13 heavy (non-hydrogen) atoms. The predicted molar refractivity (Wildman–Crippen MR) is 48.5 cm³/mol. The zero-order valence-electron chi connectivity index (χ0n) is 6.53. The molecule has 2 atom stereocenters. The minimum atomic E-state index is -2.61. The first-order chi connectivity index (χ1) is 5.95. The third-order valence-electron chi connectivity index (χ3n) is 2.23. The quantitative estimate of drug-likeness (QED) is 0.590. The van der Waals surface area contributed by atoms with E-state index in [1.165, 1.54) is 6.07 Å². The molecule has 0 bridgehead atoms.